The summed E-state index contributed by atoms with van der Waals surface area (Å²) in [6, 6.07) is 0. The van der Waals surface area contributed by atoms with Crippen LogP contribution in [0.4, 0.5) is 0 Å². The monoisotopic (exact) mass is 149 g/mol. The molecule has 1 rings (SSSR count). The van der Waals surface area contributed by atoms with E-state index in [9.17, 15) is 0 Å². The summed E-state index contributed by atoms with van der Waals surface area (Å²) in [6.07, 6.45) is 6.65. The molecule has 2 nitrogen and oxygen atoms in total. The minimum absolute atomic E-state index is 0.768. The maximum absolute atomic E-state index is 5.26. The van der Waals surface area contributed by atoms with Crippen LogP contribution in [-0.2, 0) is 0 Å². The van der Waals surface area contributed by atoms with Crippen LogP contribution < -0.4 is 5.73 Å². The second-order valence-electron chi connectivity index (χ2n) is 2.26. The zero-order valence-electron chi connectivity index (χ0n) is 6.50. The Morgan fingerprint density at radius 3 is 2.91 bits per heavy atom. The standard InChI is InChI=1S/C9H11NO/c1-3-9-8(4-5-10)7(2)6-11-9/h3-6H,1,10H2,2H3/b5-4-. The first kappa shape index (κ1) is 7.66. The van der Waals surface area contributed by atoms with Gasteiger partial charge in [-0.2, -0.15) is 0 Å². The number of furan rings is 1. The van der Waals surface area contributed by atoms with Gasteiger partial charge in [0.1, 0.15) is 5.76 Å². The first-order chi connectivity index (χ1) is 5.29. The van der Waals surface area contributed by atoms with Crippen LogP contribution in [-0.4, -0.2) is 0 Å². The van der Waals surface area contributed by atoms with Gasteiger partial charge in [-0.25, -0.2) is 0 Å². The van der Waals surface area contributed by atoms with E-state index < -0.39 is 0 Å². The number of hydrogen-bond acceptors (Lipinski definition) is 2. The average Bonchev–Trinajstić information content (AvgIpc) is 2.34. The molecule has 0 aromatic carbocycles. The largest absolute Gasteiger partial charge is 0.464 e. The van der Waals surface area contributed by atoms with Crippen LogP contribution in [0.2, 0.25) is 0 Å². The van der Waals surface area contributed by atoms with Crippen molar-refractivity contribution in [2.75, 3.05) is 0 Å². The van der Waals surface area contributed by atoms with Gasteiger partial charge in [0.05, 0.1) is 6.26 Å². The van der Waals surface area contributed by atoms with Crippen molar-refractivity contribution in [3.05, 3.63) is 35.9 Å². The van der Waals surface area contributed by atoms with Crippen molar-refractivity contribution in [3.63, 3.8) is 0 Å². The third kappa shape index (κ3) is 1.34. The fourth-order valence-electron chi connectivity index (χ4n) is 0.941. The van der Waals surface area contributed by atoms with Crippen molar-refractivity contribution in [1.82, 2.24) is 0 Å². The third-order valence-corrected chi connectivity index (χ3v) is 1.50. The average molecular weight is 149 g/mol. The number of aryl methyl sites for hydroxylation is 1. The first-order valence-corrected chi connectivity index (χ1v) is 3.38. The lowest BCUT2D eigenvalue weighted by molar-refractivity contribution is 0.555. The molecule has 1 aromatic heterocycles. The van der Waals surface area contributed by atoms with Crippen molar-refractivity contribution in [1.29, 1.82) is 0 Å². The Bertz CT molecular complexity index is 284. The van der Waals surface area contributed by atoms with E-state index in [2.05, 4.69) is 6.58 Å². The van der Waals surface area contributed by atoms with E-state index >= 15 is 0 Å². The summed E-state index contributed by atoms with van der Waals surface area (Å²) in [4.78, 5) is 0. The van der Waals surface area contributed by atoms with Crippen molar-refractivity contribution >= 4 is 12.2 Å². The highest BCUT2D eigenvalue weighted by atomic mass is 16.3. The van der Waals surface area contributed by atoms with E-state index in [0.29, 0.717) is 0 Å². The second-order valence-corrected chi connectivity index (χ2v) is 2.26. The molecule has 0 bridgehead atoms. The molecule has 0 radical (unpaired) electrons. The summed E-state index contributed by atoms with van der Waals surface area (Å²) >= 11 is 0. The Morgan fingerprint density at radius 2 is 2.36 bits per heavy atom. The summed E-state index contributed by atoms with van der Waals surface area (Å²) in [5.41, 5.74) is 7.33. The lowest BCUT2D eigenvalue weighted by atomic mass is 10.1. The quantitative estimate of drug-likeness (QED) is 0.699. The van der Waals surface area contributed by atoms with E-state index in [-0.39, 0.29) is 0 Å². The molecule has 0 saturated carbocycles. The fourth-order valence-corrected chi connectivity index (χ4v) is 0.941. The Balaban J connectivity index is 3.17. The van der Waals surface area contributed by atoms with Gasteiger partial charge in [-0.15, -0.1) is 0 Å². The molecule has 0 aliphatic rings. The maximum atomic E-state index is 5.26. The fraction of sp³-hybridized carbons (Fsp3) is 0.111. The topological polar surface area (TPSA) is 39.2 Å². The predicted molar refractivity (Wildman–Crippen MR) is 46.8 cm³/mol. The smallest absolute Gasteiger partial charge is 0.133 e. The SMILES string of the molecule is C=Cc1occ(C)c1/C=C\N. The molecule has 0 aliphatic heterocycles. The molecule has 0 saturated heterocycles. The highest BCUT2D eigenvalue weighted by Crippen LogP contribution is 2.18. The molecular formula is C9H11NO. The molecule has 0 aliphatic carbocycles. The van der Waals surface area contributed by atoms with Gasteiger partial charge in [-0.05, 0) is 30.8 Å². The molecule has 58 valence electrons. The van der Waals surface area contributed by atoms with Gasteiger partial charge in [0.2, 0.25) is 0 Å². The summed E-state index contributed by atoms with van der Waals surface area (Å²) in [5.74, 6) is 0.768. The van der Waals surface area contributed by atoms with Gasteiger partial charge in [0.25, 0.3) is 0 Å². The minimum atomic E-state index is 0.768. The molecule has 2 N–H and O–H groups in total. The van der Waals surface area contributed by atoms with Crippen LogP contribution >= 0.6 is 0 Å². The van der Waals surface area contributed by atoms with E-state index in [1.807, 2.05) is 6.92 Å². The van der Waals surface area contributed by atoms with Gasteiger partial charge >= 0.3 is 0 Å². The molecule has 0 unspecified atom stereocenters. The summed E-state index contributed by atoms with van der Waals surface area (Å²) in [6.45, 7) is 5.58. The lowest BCUT2D eigenvalue weighted by Gasteiger charge is -1.89. The molecule has 0 atom stereocenters. The van der Waals surface area contributed by atoms with E-state index in [0.717, 1.165) is 16.9 Å². The summed E-state index contributed by atoms with van der Waals surface area (Å²) in [5, 5.41) is 0. The predicted octanol–water partition coefficient (Wildman–Crippen LogP) is 2.16. The zero-order valence-corrected chi connectivity index (χ0v) is 6.50. The Morgan fingerprint density at radius 1 is 1.64 bits per heavy atom. The van der Waals surface area contributed by atoms with Gasteiger partial charge in [-0.1, -0.05) is 6.58 Å². The van der Waals surface area contributed by atoms with Crippen molar-refractivity contribution < 1.29 is 4.42 Å². The summed E-state index contributed by atoms with van der Waals surface area (Å²) in [7, 11) is 0. The van der Waals surface area contributed by atoms with Crippen LogP contribution in [0.5, 0.6) is 0 Å². The maximum Gasteiger partial charge on any atom is 0.133 e. The van der Waals surface area contributed by atoms with Crippen molar-refractivity contribution in [2.24, 2.45) is 5.73 Å². The molecule has 2 heteroatoms. The van der Waals surface area contributed by atoms with Gasteiger partial charge < -0.3 is 10.2 Å². The van der Waals surface area contributed by atoms with Crippen LogP contribution in [0.1, 0.15) is 16.9 Å². The normalized spacial score (nSPS) is 10.6. The van der Waals surface area contributed by atoms with E-state index in [1.54, 1.807) is 18.4 Å². The third-order valence-electron chi connectivity index (χ3n) is 1.50. The highest BCUT2D eigenvalue weighted by Gasteiger charge is 2.02. The zero-order chi connectivity index (χ0) is 8.27. The van der Waals surface area contributed by atoms with E-state index in [4.69, 9.17) is 10.2 Å². The second kappa shape index (κ2) is 3.10. The van der Waals surface area contributed by atoms with Gasteiger partial charge in [-0.3, -0.25) is 0 Å². The van der Waals surface area contributed by atoms with Crippen LogP contribution in [0.3, 0.4) is 0 Å². The molecular weight excluding hydrogens is 138 g/mol. The molecule has 0 fully saturated rings. The minimum Gasteiger partial charge on any atom is -0.464 e. The molecule has 0 spiro atoms. The first-order valence-electron chi connectivity index (χ1n) is 3.38. The lowest BCUT2D eigenvalue weighted by Crippen LogP contribution is -1.79. The number of hydrogen-bond donors (Lipinski definition) is 1. The van der Waals surface area contributed by atoms with Crippen molar-refractivity contribution in [3.8, 4) is 0 Å². The van der Waals surface area contributed by atoms with Crippen LogP contribution in [0.25, 0.3) is 12.2 Å². The van der Waals surface area contributed by atoms with Gasteiger partial charge in [0, 0.05) is 5.56 Å². The Labute approximate surface area is 66.0 Å². The summed E-state index contributed by atoms with van der Waals surface area (Å²) < 4.78 is 5.17. The molecule has 0 amide bonds. The number of rotatable bonds is 2. The Kier molecular flexibility index (Phi) is 2.16. The molecule has 1 aromatic rings. The van der Waals surface area contributed by atoms with Gasteiger partial charge in [0.15, 0.2) is 0 Å². The number of nitrogens with two attached hydrogens (primary N) is 1. The van der Waals surface area contributed by atoms with Crippen LogP contribution in [0.15, 0.2) is 23.5 Å². The van der Waals surface area contributed by atoms with E-state index in [1.165, 1.54) is 6.20 Å². The highest BCUT2D eigenvalue weighted by molar-refractivity contribution is 5.63. The molecule has 11 heavy (non-hydrogen) atoms. The molecule has 1 heterocycles. The van der Waals surface area contributed by atoms with Crippen molar-refractivity contribution in [2.45, 2.75) is 6.92 Å². The Hall–Kier alpha value is -1.44. The van der Waals surface area contributed by atoms with Crippen LogP contribution in [0, 0.1) is 6.92 Å².